The van der Waals surface area contributed by atoms with E-state index in [0.717, 1.165) is 6.42 Å². The van der Waals surface area contributed by atoms with Crippen molar-refractivity contribution in [3.8, 4) is 5.75 Å². The van der Waals surface area contributed by atoms with Gasteiger partial charge in [-0.3, -0.25) is 0 Å². The van der Waals surface area contributed by atoms with Gasteiger partial charge in [0.15, 0.2) is 0 Å². The first-order valence-corrected chi connectivity index (χ1v) is 8.78. The normalized spacial score (nSPS) is 22.9. The minimum absolute atomic E-state index is 0.154. The molecule has 2 N–H and O–H groups in total. The fraction of sp³-hybridized carbons (Fsp3) is 0.600. The molecule has 1 atom stereocenters. The molecule has 6 nitrogen and oxygen atoms in total. The second-order valence-electron chi connectivity index (χ2n) is 5.89. The number of ether oxygens (including phenoxy) is 2. The molecule has 1 unspecified atom stereocenters. The molecule has 1 heterocycles. The van der Waals surface area contributed by atoms with Crippen molar-refractivity contribution in [1.82, 2.24) is 4.31 Å². The molecule has 1 aliphatic rings. The van der Waals surface area contributed by atoms with Gasteiger partial charge in [-0.05, 0) is 30.5 Å². The van der Waals surface area contributed by atoms with E-state index in [0.29, 0.717) is 38.6 Å². The quantitative estimate of drug-likeness (QED) is 0.757. The smallest absolute Gasteiger partial charge is 0.246 e. The lowest BCUT2D eigenvalue weighted by Crippen LogP contribution is -2.34. The van der Waals surface area contributed by atoms with E-state index in [2.05, 4.69) is 0 Å². The van der Waals surface area contributed by atoms with Gasteiger partial charge in [0.05, 0.1) is 6.61 Å². The maximum atomic E-state index is 12.9. The van der Waals surface area contributed by atoms with Gasteiger partial charge in [0.2, 0.25) is 10.0 Å². The van der Waals surface area contributed by atoms with Gasteiger partial charge in [-0.15, -0.1) is 0 Å². The van der Waals surface area contributed by atoms with Crippen LogP contribution in [0.5, 0.6) is 5.75 Å². The highest BCUT2D eigenvalue weighted by Crippen LogP contribution is 2.35. The minimum Gasteiger partial charge on any atom is -0.490 e. The Labute approximate surface area is 132 Å². The van der Waals surface area contributed by atoms with Crippen molar-refractivity contribution >= 4 is 10.0 Å². The highest BCUT2D eigenvalue weighted by atomic mass is 32.2. The molecule has 0 radical (unpaired) electrons. The van der Waals surface area contributed by atoms with Crippen molar-refractivity contribution in [3.63, 3.8) is 0 Å². The summed E-state index contributed by atoms with van der Waals surface area (Å²) in [7, 11) is -2.00. The van der Waals surface area contributed by atoms with E-state index >= 15 is 0 Å². The molecular formula is C15H24N2O4S. The van der Waals surface area contributed by atoms with E-state index in [9.17, 15) is 8.42 Å². The summed E-state index contributed by atoms with van der Waals surface area (Å²) in [6.45, 7) is 4.14. The average molecular weight is 328 g/mol. The third-order valence-corrected chi connectivity index (χ3v) is 5.91. The summed E-state index contributed by atoms with van der Waals surface area (Å²) in [5.74, 6) is 0.362. The van der Waals surface area contributed by atoms with Crippen molar-refractivity contribution in [1.29, 1.82) is 0 Å². The number of nitrogens with two attached hydrogens (primary N) is 1. The third-order valence-electron chi connectivity index (χ3n) is 4.03. The fourth-order valence-electron chi connectivity index (χ4n) is 2.51. The van der Waals surface area contributed by atoms with Gasteiger partial charge < -0.3 is 15.2 Å². The van der Waals surface area contributed by atoms with Crippen LogP contribution in [0.1, 0.15) is 13.3 Å². The van der Waals surface area contributed by atoms with Gasteiger partial charge in [0.1, 0.15) is 17.3 Å². The molecule has 0 aliphatic carbocycles. The molecule has 2 rings (SSSR count). The first-order valence-electron chi connectivity index (χ1n) is 7.34. The number of para-hydroxylation sites is 1. The second kappa shape index (κ2) is 6.95. The lowest BCUT2D eigenvalue weighted by molar-refractivity contribution is 0.144. The monoisotopic (exact) mass is 328 g/mol. The van der Waals surface area contributed by atoms with Crippen LogP contribution in [0.2, 0.25) is 0 Å². The topological polar surface area (TPSA) is 81.9 Å². The highest BCUT2D eigenvalue weighted by Gasteiger charge is 2.39. The Hall–Kier alpha value is -1.15. The van der Waals surface area contributed by atoms with Crippen LogP contribution in [0.3, 0.4) is 0 Å². The summed E-state index contributed by atoms with van der Waals surface area (Å²) in [6, 6.07) is 6.71. The van der Waals surface area contributed by atoms with Crippen LogP contribution in [0, 0.1) is 5.41 Å². The third kappa shape index (κ3) is 3.60. The largest absolute Gasteiger partial charge is 0.490 e. The van der Waals surface area contributed by atoms with Crippen LogP contribution in [-0.4, -0.2) is 52.7 Å². The van der Waals surface area contributed by atoms with Gasteiger partial charge in [0, 0.05) is 20.2 Å². The number of rotatable bonds is 7. The SMILES string of the molecule is COCCOc1ccccc1S(=O)(=O)N1CCC(C)(CN)C1. The van der Waals surface area contributed by atoms with Gasteiger partial charge in [-0.2, -0.15) is 4.31 Å². The van der Waals surface area contributed by atoms with Gasteiger partial charge in [0.25, 0.3) is 0 Å². The van der Waals surface area contributed by atoms with E-state index in [1.165, 1.54) is 4.31 Å². The molecule has 1 aliphatic heterocycles. The van der Waals surface area contributed by atoms with Crippen molar-refractivity contribution in [2.45, 2.75) is 18.2 Å². The van der Waals surface area contributed by atoms with Crippen LogP contribution >= 0.6 is 0 Å². The number of benzene rings is 1. The molecule has 1 aromatic carbocycles. The standard InChI is InChI=1S/C15H24N2O4S/c1-15(11-16)7-8-17(12-15)22(18,19)14-6-4-3-5-13(14)21-10-9-20-2/h3-6H,7-12,16H2,1-2H3. The summed E-state index contributed by atoms with van der Waals surface area (Å²) < 4.78 is 37.7. The zero-order chi connectivity index (χ0) is 16.2. The molecule has 1 fully saturated rings. The summed E-state index contributed by atoms with van der Waals surface area (Å²) in [4.78, 5) is 0.201. The Bertz CT molecular complexity index is 605. The summed E-state index contributed by atoms with van der Waals surface area (Å²) in [5.41, 5.74) is 5.61. The first-order chi connectivity index (χ1) is 10.4. The molecular weight excluding hydrogens is 304 g/mol. The van der Waals surface area contributed by atoms with E-state index in [-0.39, 0.29) is 10.3 Å². The highest BCUT2D eigenvalue weighted by molar-refractivity contribution is 7.89. The molecule has 0 bridgehead atoms. The van der Waals surface area contributed by atoms with Crippen molar-refractivity contribution < 1.29 is 17.9 Å². The lowest BCUT2D eigenvalue weighted by atomic mass is 9.90. The number of methoxy groups -OCH3 is 1. The summed E-state index contributed by atoms with van der Waals surface area (Å²) in [6.07, 6.45) is 0.773. The first kappa shape index (κ1) is 17.2. The summed E-state index contributed by atoms with van der Waals surface area (Å²) in [5, 5.41) is 0. The van der Waals surface area contributed by atoms with Gasteiger partial charge in [-0.25, -0.2) is 8.42 Å². The van der Waals surface area contributed by atoms with Crippen LogP contribution < -0.4 is 10.5 Å². The number of hydrogen-bond acceptors (Lipinski definition) is 5. The number of sulfonamides is 1. The Morgan fingerprint density at radius 2 is 2.05 bits per heavy atom. The molecule has 124 valence electrons. The molecule has 0 saturated carbocycles. The van der Waals surface area contributed by atoms with E-state index in [4.69, 9.17) is 15.2 Å². The molecule has 0 spiro atoms. The van der Waals surface area contributed by atoms with E-state index < -0.39 is 10.0 Å². The van der Waals surface area contributed by atoms with E-state index in [1.807, 2.05) is 6.92 Å². The maximum Gasteiger partial charge on any atom is 0.246 e. The Morgan fingerprint density at radius 3 is 2.68 bits per heavy atom. The second-order valence-corrected chi connectivity index (χ2v) is 7.80. The summed E-state index contributed by atoms with van der Waals surface area (Å²) >= 11 is 0. The number of hydrogen-bond donors (Lipinski definition) is 1. The van der Waals surface area contributed by atoms with E-state index in [1.54, 1.807) is 31.4 Å². The van der Waals surface area contributed by atoms with Crippen molar-refractivity contribution in [2.75, 3.05) is 40.0 Å². The lowest BCUT2D eigenvalue weighted by Gasteiger charge is -2.23. The van der Waals surface area contributed by atoms with Crippen LogP contribution in [0.25, 0.3) is 0 Å². The molecule has 0 amide bonds. The molecule has 1 saturated heterocycles. The van der Waals surface area contributed by atoms with Crippen LogP contribution in [0.4, 0.5) is 0 Å². The van der Waals surface area contributed by atoms with Crippen LogP contribution in [0.15, 0.2) is 29.2 Å². The minimum atomic E-state index is -3.58. The van der Waals surface area contributed by atoms with Crippen molar-refractivity contribution in [3.05, 3.63) is 24.3 Å². The number of nitrogens with zero attached hydrogens (tertiary/aromatic N) is 1. The van der Waals surface area contributed by atoms with Crippen molar-refractivity contribution in [2.24, 2.45) is 11.1 Å². The average Bonchev–Trinajstić information content (AvgIpc) is 2.92. The maximum absolute atomic E-state index is 12.9. The predicted octanol–water partition coefficient (Wildman–Crippen LogP) is 1.07. The zero-order valence-corrected chi connectivity index (χ0v) is 13.9. The Kier molecular flexibility index (Phi) is 5.44. The predicted molar refractivity (Wildman–Crippen MR) is 84.4 cm³/mol. The molecule has 0 aromatic heterocycles. The Balaban J connectivity index is 2.23. The fourth-order valence-corrected chi connectivity index (χ4v) is 4.23. The Morgan fingerprint density at radius 1 is 1.32 bits per heavy atom. The molecule has 7 heteroatoms. The van der Waals surface area contributed by atoms with Crippen LogP contribution in [-0.2, 0) is 14.8 Å². The zero-order valence-electron chi connectivity index (χ0n) is 13.1. The van der Waals surface area contributed by atoms with Gasteiger partial charge >= 0.3 is 0 Å². The van der Waals surface area contributed by atoms with Gasteiger partial charge in [-0.1, -0.05) is 19.1 Å². The molecule has 22 heavy (non-hydrogen) atoms. The molecule has 1 aromatic rings.